The van der Waals surface area contributed by atoms with E-state index in [1.807, 2.05) is 18.2 Å². The van der Waals surface area contributed by atoms with Crippen LogP contribution in [0.4, 0.5) is 4.39 Å². The van der Waals surface area contributed by atoms with E-state index in [-0.39, 0.29) is 6.61 Å². The van der Waals surface area contributed by atoms with Crippen LogP contribution in [0.5, 0.6) is 5.75 Å². The van der Waals surface area contributed by atoms with Crippen LogP contribution in [0.3, 0.4) is 0 Å². The highest BCUT2D eigenvalue weighted by Crippen LogP contribution is 2.26. The Bertz CT molecular complexity index is 371. The third kappa shape index (κ3) is 4.18. The number of halogens is 2. The van der Waals surface area contributed by atoms with Crippen molar-refractivity contribution in [2.24, 2.45) is 0 Å². The van der Waals surface area contributed by atoms with Crippen molar-refractivity contribution in [3.63, 3.8) is 0 Å². The van der Waals surface area contributed by atoms with Crippen molar-refractivity contribution >= 4 is 21.8 Å². The average Bonchev–Trinajstić information content (AvgIpc) is 2.26. The molecule has 0 amide bonds. The first kappa shape index (κ1) is 13.0. The minimum atomic E-state index is -0.505. The second-order valence-electron chi connectivity index (χ2n) is 3.28. The molecule has 0 heterocycles. The molecule has 0 aromatic heterocycles. The molecule has 2 N–H and O–H groups in total. The first-order valence-electron chi connectivity index (χ1n) is 4.89. The standard InChI is InChI=1S/C11H14BrFN2O/c1-8(14)15-7-9-2-3-10(12)11(6-9)16-5-4-13/h2-3,6H,4-5,7H2,1H3,(H2,14,15). The van der Waals surface area contributed by atoms with Gasteiger partial charge in [-0.15, -0.1) is 0 Å². The van der Waals surface area contributed by atoms with Gasteiger partial charge >= 0.3 is 0 Å². The lowest BCUT2D eigenvalue weighted by molar-refractivity contribution is 0.271. The number of hydrogen-bond donors (Lipinski definition) is 2. The Morgan fingerprint density at radius 1 is 1.56 bits per heavy atom. The molecule has 0 saturated carbocycles. The Morgan fingerprint density at radius 3 is 2.94 bits per heavy atom. The van der Waals surface area contributed by atoms with Gasteiger partial charge in [0.05, 0.1) is 10.3 Å². The van der Waals surface area contributed by atoms with Crippen molar-refractivity contribution in [1.29, 1.82) is 5.41 Å². The highest BCUT2D eigenvalue weighted by Gasteiger charge is 2.03. The molecule has 3 nitrogen and oxygen atoms in total. The molecule has 0 aliphatic carbocycles. The zero-order valence-electron chi connectivity index (χ0n) is 9.02. The Labute approximate surface area is 103 Å². The lowest BCUT2D eigenvalue weighted by Crippen LogP contribution is -2.18. The van der Waals surface area contributed by atoms with Crippen LogP contribution in [0.1, 0.15) is 12.5 Å². The van der Waals surface area contributed by atoms with Crippen LogP contribution in [0.25, 0.3) is 0 Å². The molecule has 0 unspecified atom stereocenters. The molecule has 1 aromatic carbocycles. The maximum absolute atomic E-state index is 12.0. The fraction of sp³-hybridized carbons (Fsp3) is 0.364. The summed E-state index contributed by atoms with van der Waals surface area (Å²) in [5.74, 6) is 1.04. The van der Waals surface area contributed by atoms with Gasteiger partial charge in [0.1, 0.15) is 19.0 Å². The molecular formula is C11H14BrFN2O. The van der Waals surface area contributed by atoms with E-state index in [0.717, 1.165) is 10.0 Å². The number of benzene rings is 1. The third-order valence-corrected chi connectivity index (χ3v) is 2.54. The SMILES string of the molecule is CC(=N)NCc1ccc(Br)c(OCCF)c1. The van der Waals surface area contributed by atoms with E-state index in [1.54, 1.807) is 6.92 Å². The predicted molar refractivity (Wildman–Crippen MR) is 65.9 cm³/mol. The van der Waals surface area contributed by atoms with Gasteiger partial charge in [0.2, 0.25) is 0 Å². The lowest BCUT2D eigenvalue weighted by Gasteiger charge is -2.09. The lowest BCUT2D eigenvalue weighted by atomic mass is 10.2. The molecule has 0 spiro atoms. The van der Waals surface area contributed by atoms with E-state index in [0.29, 0.717) is 18.1 Å². The molecule has 1 aromatic rings. The Hall–Kier alpha value is -1.10. The third-order valence-electron chi connectivity index (χ3n) is 1.89. The van der Waals surface area contributed by atoms with Crippen LogP contribution >= 0.6 is 15.9 Å². The highest BCUT2D eigenvalue weighted by molar-refractivity contribution is 9.10. The van der Waals surface area contributed by atoms with Crippen molar-refractivity contribution in [2.75, 3.05) is 13.3 Å². The van der Waals surface area contributed by atoms with E-state index in [4.69, 9.17) is 10.1 Å². The van der Waals surface area contributed by atoms with E-state index < -0.39 is 6.67 Å². The minimum absolute atomic E-state index is 0.0546. The van der Waals surface area contributed by atoms with Crippen molar-refractivity contribution < 1.29 is 9.13 Å². The molecular weight excluding hydrogens is 275 g/mol. The Balaban J connectivity index is 2.68. The summed E-state index contributed by atoms with van der Waals surface area (Å²) in [4.78, 5) is 0. The van der Waals surface area contributed by atoms with Gasteiger partial charge in [-0.25, -0.2) is 4.39 Å². The summed E-state index contributed by atoms with van der Waals surface area (Å²) < 4.78 is 18.0. The van der Waals surface area contributed by atoms with Crippen LogP contribution in [0, 0.1) is 5.41 Å². The molecule has 1 rings (SSSR count). The van der Waals surface area contributed by atoms with Crippen molar-refractivity contribution in [3.8, 4) is 5.75 Å². The summed E-state index contributed by atoms with van der Waals surface area (Å²) in [6, 6.07) is 5.60. The zero-order valence-corrected chi connectivity index (χ0v) is 10.6. The summed E-state index contributed by atoms with van der Waals surface area (Å²) >= 11 is 3.33. The number of nitrogens with one attached hydrogen (secondary N) is 2. The maximum atomic E-state index is 12.0. The van der Waals surface area contributed by atoms with Gasteiger partial charge in [0.15, 0.2) is 0 Å². The van der Waals surface area contributed by atoms with Crippen LogP contribution in [-0.4, -0.2) is 19.1 Å². The van der Waals surface area contributed by atoms with Gasteiger partial charge in [-0.3, -0.25) is 5.41 Å². The average molecular weight is 289 g/mol. The minimum Gasteiger partial charge on any atom is -0.490 e. The summed E-state index contributed by atoms with van der Waals surface area (Å²) in [5.41, 5.74) is 0.989. The molecule has 0 saturated heterocycles. The topological polar surface area (TPSA) is 45.1 Å². The van der Waals surface area contributed by atoms with Gasteiger partial charge in [0.25, 0.3) is 0 Å². The molecule has 88 valence electrons. The maximum Gasteiger partial charge on any atom is 0.133 e. The summed E-state index contributed by atoms with van der Waals surface area (Å²) in [6.45, 7) is 1.79. The van der Waals surface area contributed by atoms with Crippen LogP contribution in [0.15, 0.2) is 22.7 Å². The highest BCUT2D eigenvalue weighted by atomic mass is 79.9. The summed E-state index contributed by atoms with van der Waals surface area (Å²) in [5, 5.41) is 10.2. The molecule has 0 atom stereocenters. The Morgan fingerprint density at radius 2 is 2.31 bits per heavy atom. The molecule has 0 fully saturated rings. The number of hydrogen-bond acceptors (Lipinski definition) is 2. The van der Waals surface area contributed by atoms with E-state index in [2.05, 4.69) is 21.2 Å². The molecule has 0 aliphatic heterocycles. The van der Waals surface area contributed by atoms with Crippen LogP contribution in [0.2, 0.25) is 0 Å². The Kier molecular flexibility index (Phi) is 5.25. The van der Waals surface area contributed by atoms with Crippen molar-refractivity contribution in [1.82, 2.24) is 5.32 Å². The number of rotatable bonds is 5. The van der Waals surface area contributed by atoms with Crippen molar-refractivity contribution in [3.05, 3.63) is 28.2 Å². The van der Waals surface area contributed by atoms with Crippen LogP contribution in [-0.2, 0) is 6.54 Å². The second-order valence-corrected chi connectivity index (χ2v) is 4.14. The number of alkyl halides is 1. The smallest absolute Gasteiger partial charge is 0.133 e. The largest absolute Gasteiger partial charge is 0.490 e. The quantitative estimate of drug-likeness (QED) is 0.646. The predicted octanol–water partition coefficient (Wildman–Crippen LogP) is 2.88. The van der Waals surface area contributed by atoms with E-state index in [1.165, 1.54) is 0 Å². The van der Waals surface area contributed by atoms with Crippen LogP contribution < -0.4 is 10.1 Å². The van der Waals surface area contributed by atoms with Gasteiger partial charge in [-0.2, -0.15) is 0 Å². The molecule has 5 heteroatoms. The first-order valence-corrected chi connectivity index (χ1v) is 5.69. The fourth-order valence-electron chi connectivity index (χ4n) is 1.15. The second kappa shape index (κ2) is 6.48. The molecule has 0 aliphatic rings. The fourth-order valence-corrected chi connectivity index (χ4v) is 1.51. The van der Waals surface area contributed by atoms with E-state index >= 15 is 0 Å². The van der Waals surface area contributed by atoms with Gasteiger partial charge in [-0.05, 0) is 40.5 Å². The number of ether oxygens (including phenoxy) is 1. The van der Waals surface area contributed by atoms with Gasteiger partial charge < -0.3 is 10.1 Å². The molecule has 16 heavy (non-hydrogen) atoms. The molecule has 0 radical (unpaired) electrons. The zero-order chi connectivity index (χ0) is 12.0. The monoisotopic (exact) mass is 288 g/mol. The van der Waals surface area contributed by atoms with Crippen molar-refractivity contribution in [2.45, 2.75) is 13.5 Å². The summed E-state index contributed by atoms with van der Waals surface area (Å²) in [7, 11) is 0. The van der Waals surface area contributed by atoms with Gasteiger partial charge in [-0.1, -0.05) is 6.07 Å². The van der Waals surface area contributed by atoms with E-state index in [9.17, 15) is 4.39 Å². The summed E-state index contributed by atoms with van der Waals surface area (Å²) in [6.07, 6.45) is 0. The number of amidine groups is 1. The van der Waals surface area contributed by atoms with Gasteiger partial charge in [0, 0.05) is 6.54 Å². The normalized spacial score (nSPS) is 9.94. The molecule has 0 bridgehead atoms. The first-order chi connectivity index (χ1) is 7.63.